The van der Waals surface area contributed by atoms with Crippen LogP contribution >= 0.6 is 0 Å². The van der Waals surface area contributed by atoms with Crippen LogP contribution in [0.15, 0.2) is 49.2 Å². The molecule has 5 heteroatoms. The Morgan fingerprint density at radius 1 is 1.15 bits per heavy atom. The van der Waals surface area contributed by atoms with Gasteiger partial charge in [0.1, 0.15) is 11.8 Å². The van der Waals surface area contributed by atoms with E-state index in [1.54, 1.807) is 6.33 Å². The van der Waals surface area contributed by atoms with Crippen LogP contribution in [0.25, 0.3) is 17.2 Å². The molecule has 3 aromatic rings. The van der Waals surface area contributed by atoms with Gasteiger partial charge in [-0.05, 0) is 17.8 Å². The van der Waals surface area contributed by atoms with Gasteiger partial charge in [0.2, 0.25) is 0 Å². The molecule has 0 atom stereocenters. The number of nitrogens with zero attached hydrogens (tertiary/aromatic N) is 4. The first kappa shape index (κ1) is 12.3. The summed E-state index contributed by atoms with van der Waals surface area (Å²) in [5.74, 6) is 0. The first-order chi connectivity index (χ1) is 9.88. The van der Waals surface area contributed by atoms with Crippen molar-refractivity contribution in [1.29, 1.82) is 0 Å². The highest BCUT2D eigenvalue weighted by Gasteiger charge is 2.08. The third-order valence-electron chi connectivity index (χ3n) is 3.03. The van der Waals surface area contributed by atoms with Crippen LogP contribution in [0, 0.1) is 0 Å². The predicted octanol–water partition coefficient (Wildman–Crippen LogP) is 2.06. The second-order valence-electron chi connectivity index (χ2n) is 4.41. The van der Waals surface area contributed by atoms with Crippen molar-refractivity contribution in [2.45, 2.75) is 6.54 Å². The Balaban J connectivity index is 1.99. The summed E-state index contributed by atoms with van der Waals surface area (Å²) in [6.45, 7) is 0.754. The van der Waals surface area contributed by atoms with E-state index in [4.69, 9.17) is 0 Å². The summed E-state index contributed by atoms with van der Waals surface area (Å²) in [5.41, 5.74) is 3.70. The summed E-state index contributed by atoms with van der Waals surface area (Å²) in [5, 5.41) is 2.95. The zero-order chi connectivity index (χ0) is 13.8. The minimum atomic E-state index is 0.754. The Morgan fingerprint density at radius 3 is 2.80 bits per heavy atom. The molecular formula is C15H15N5. The summed E-state index contributed by atoms with van der Waals surface area (Å²) < 4.78 is 2.03. The molecule has 0 aliphatic rings. The van der Waals surface area contributed by atoms with Gasteiger partial charge in [-0.3, -0.25) is 0 Å². The standard InChI is InChI=1S/C15H15N5/c1-16-8-7-13-14-15(18-10-17-13)20(11-19-14)9-12-5-3-2-4-6-12/h2-8,10-11,16H,9H2,1H3. The van der Waals surface area contributed by atoms with Crippen LogP contribution in [0.3, 0.4) is 0 Å². The van der Waals surface area contributed by atoms with Crippen LogP contribution in [0.1, 0.15) is 11.3 Å². The summed E-state index contributed by atoms with van der Waals surface area (Å²) in [6, 6.07) is 10.3. The quantitative estimate of drug-likeness (QED) is 0.784. The Labute approximate surface area is 117 Å². The predicted molar refractivity (Wildman–Crippen MR) is 79.0 cm³/mol. The zero-order valence-electron chi connectivity index (χ0n) is 11.2. The van der Waals surface area contributed by atoms with Crippen molar-refractivity contribution >= 4 is 17.2 Å². The fourth-order valence-corrected chi connectivity index (χ4v) is 2.08. The minimum absolute atomic E-state index is 0.754. The maximum absolute atomic E-state index is 4.43. The average molecular weight is 265 g/mol. The smallest absolute Gasteiger partial charge is 0.164 e. The lowest BCUT2D eigenvalue weighted by molar-refractivity contribution is 0.813. The van der Waals surface area contributed by atoms with Gasteiger partial charge in [-0.15, -0.1) is 0 Å². The van der Waals surface area contributed by atoms with Gasteiger partial charge < -0.3 is 9.88 Å². The zero-order valence-corrected chi connectivity index (χ0v) is 11.2. The van der Waals surface area contributed by atoms with Gasteiger partial charge in [0.15, 0.2) is 5.65 Å². The van der Waals surface area contributed by atoms with Gasteiger partial charge in [0.25, 0.3) is 0 Å². The van der Waals surface area contributed by atoms with Crippen LogP contribution in [-0.4, -0.2) is 26.6 Å². The second-order valence-corrected chi connectivity index (χ2v) is 4.41. The summed E-state index contributed by atoms with van der Waals surface area (Å²) in [7, 11) is 1.85. The number of hydrogen-bond acceptors (Lipinski definition) is 4. The molecule has 5 nitrogen and oxygen atoms in total. The molecule has 2 aromatic heterocycles. The van der Waals surface area contributed by atoms with Crippen molar-refractivity contribution in [3.05, 3.63) is 60.4 Å². The fourth-order valence-electron chi connectivity index (χ4n) is 2.08. The highest BCUT2D eigenvalue weighted by molar-refractivity contribution is 5.79. The molecule has 20 heavy (non-hydrogen) atoms. The molecule has 0 spiro atoms. The normalized spacial score (nSPS) is 11.2. The molecule has 1 N–H and O–H groups in total. The summed E-state index contributed by atoms with van der Waals surface area (Å²) in [4.78, 5) is 13.0. The number of nitrogens with one attached hydrogen (secondary N) is 1. The number of imidazole rings is 1. The van der Waals surface area contributed by atoms with Crippen molar-refractivity contribution in [2.24, 2.45) is 0 Å². The van der Waals surface area contributed by atoms with E-state index >= 15 is 0 Å². The Kier molecular flexibility index (Phi) is 3.41. The van der Waals surface area contributed by atoms with E-state index in [0.29, 0.717) is 0 Å². The first-order valence-electron chi connectivity index (χ1n) is 6.42. The number of aromatic nitrogens is 4. The molecule has 0 saturated carbocycles. The van der Waals surface area contributed by atoms with E-state index in [-0.39, 0.29) is 0 Å². The molecule has 0 radical (unpaired) electrons. The molecule has 0 saturated heterocycles. The SMILES string of the molecule is CNC=Cc1ncnc2c1ncn2Cc1ccccc1. The third-order valence-corrected chi connectivity index (χ3v) is 3.03. The van der Waals surface area contributed by atoms with Crippen molar-refractivity contribution in [3.8, 4) is 0 Å². The van der Waals surface area contributed by atoms with Crippen LogP contribution in [-0.2, 0) is 6.54 Å². The summed E-state index contributed by atoms with van der Waals surface area (Å²) >= 11 is 0. The second kappa shape index (κ2) is 5.52. The topological polar surface area (TPSA) is 55.6 Å². The van der Waals surface area contributed by atoms with Gasteiger partial charge in [-0.2, -0.15) is 0 Å². The maximum Gasteiger partial charge on any atom is 0.164 e. The lowest BCUT2D eigenvalue weighted by atomic mass is 10.2. The van der Waals surface area contributed by atoms with E-state index < -0.39 is 0 Å². The summed E-state index contributed by atoms with van der Waals surface area (Å²) in [6.07, 6.45) is 7.10. The maximum atomic E-state index is 4.43. The number of fused-ring (bicyclic) bond motifs is 1. The molecule has 100 valence electrons. The first-order valence-corrected chi connectivity index (χ1v) is 6.42. The lowest BCUT2D eigenvalue weighted by Crippen LogP contribution is -1.99. The number of benzene rings is 1. The van der Waals surface area contributed by atoms with E-state index in [1.165, 1.54) is 5.56 Å². The highest BCUT2D eigenvalue weighted by atomic mass is 15.1. The molecule has 0 amide bonds. The molecular weight excluding hydrogens is 250 g/mol. The van der Waals surface area contributed by atoms with Crippen LogP contribution in [0.4, 0.5) is 0 Å². The number of rotatable bonds is 4. The third kappa shape index (κ3) is 2.38. The van der Waals surface area contributed by atoms with E-state index in [2.05, 4.69) is 32.4 Å². The van der Waals surface area contributed by atoms with Crippen molar-refractivity contribution in [1.82, 2.24) is 24.8 Å². The Hall–Kier alpha value is -2.69. The van der Waals surface area contributed by atoms with Gasteiger partial charge in [-0.25, -0.2) is 15.0 Å². The van der Waals surface area contributed by atoms with Crippen LogP contribution in [0.5, 0.6) is 0 Å². The van der Waals surface area contributed by atoms with Crippen molar-refractivity contribution in [3.63, 3.8) is 0 Å². The van der Waals surface area contributed by atoms with Crippen molar-refractivity contribution in [2.75, 3.05) is 7.05 Å². The molecule has 0 unspecified atom stereocenters. The van der Waals surface area contributed by atoms with Crippen molar-refractivity contribution < 1.29 is 0 Å². The fraction of sp³-hybridized carbons (Fsp3) is 0.133. The molecule has 0 aliphatic carbocycles. The molecule has 0 bridgehead atoms. The minimum Gasteiger partial charge on any atom is -0.394 e. The lowest BCUT2D eigenvalue weighted by Gasteiger charge is -2.03. The molecule has 0 fully saturated rings. The molecule has 0 aliphatic heterocycles. The Bertz CT molecular complexity index is 730. The van der Waals surface area contributed by atoms with E-state index in [0.717, 1.165) is 23.4 Å². The molecule has 2 heterocycles. The monoisotopic (exact) mass is 265 g/mol. The molecule has 3 rings (SSSR count). The average Bonchev–Trinajstić information content (AvgIpc) is 2.90. The van der Waals surface area contributed by atoms with Crippen LogP contribution < -0.4 is 5.32 Å². The van der Waals surface area contributed by atoms with Gasteiger partial charge >= 0.3 is 0 Å². The van der Waals surface area contributed by atoms with Crippen LogP contribution in [0.2, 0.25) is 0 Å². The van der Waals surface area contributed by atoms with E-state index in [1.807, 2.05) is 48.4 Å². The number of hydrogen-bond donors (Lipinski definition) is 1. The highest BCUT2D eigenvalue weighted by Crippen LogP contribution is 2.15. The van der Waals surface area contributed by atoms with Gasteiger partial charge in [0.05, 0.1) is 18.6 Å². The Morgan fingerprint density at radius 2 is 2.00 bits per heavy atom. The molecule has 1 aromatic carbocycles. The van der Waals surface area contributed by atoms with E-state index in [9.17, 15) is 0 Å². The van der Waals surface area contributed by atoms with Gasteiger partial charge in [-0.1, -0.05) is 30.3 Å². The largest absolute Gasteiger partial charge is 0.394 e. The van der Waals surface area contributed by atoms with Gasteiger partial charge in [0, 0.05) is 7.05 Å².